The van der Waals surface area contributed by atoms with Crippen molar-refractivity contribution in [1.82, 2.24) is 5.43 Å². The Hall–Kier alpha value is -0.420. The summed E-state index contributed by atoms with van der Waals surface area (Å²) in [6, 6.07) is 8.68. The van der Waals surface area contributed by atoms with Gasteiger partial charge in [-0.25, -0.2) is 0 Å². The lowest BCUT2D eigenvalue weighted by Gasteiger charge is -2.19. The van der Waals surface area contributed by atoms with E-state index >= 15 is 0 Å². The first-order valence-corrected chi connectivity index (χ1v) is 6.89. The molecule has 1 heterocycles. The van der Waals surface area contributed by atoms with Crippen molar-refractivity contribution < 1.29 is 4.74 Å². The summed E-state index contributed by atoms with van der Waals surface area (Å²) in [6.07, 6.45) is 4.67. The quantitative estimate of drug-likeness (QED) is 0.648. The van der Waals surface area contributed by atoms with E-state index in [0.717, 1.165) is 23.9 Å². The first-order valence-electron chi connectivity index (χ1n) is 6.10. The van der Waals surface area contributed by atoms with Crippen molar-refractivity contribution in [1.29, 1.82) is 0 Å². The van der Waals surface area contributed by atoms with Gasteiger partial charge in [0.2, 0.25) is 0 Å². The summed E-state index contributed by atoms with van der Waals surface area (Å²) in [5.41, 5.74) is 4.20. The van der Waals surface area contributed by atoms with Gasteiger partial charge in [-0.3, -0.25) is 11.3 Å². The van der Waals surface area contributed by atoms with Crippen LogP contribution in [0.1, 0.15) is 24.8 Å². The zero-order chi connectivity index (χ0) is 12.1. The fourth-order valence-corrected chi connectivity index (χ4v) is 2.53. The molecule has 1 aliphatic rings. The monoisotopic (exact) mass is 298 g/mol. The molecule has 0 spiro atoms. The Morgan fingerprint density at radius 3 is 2.76 bits per heavy atom. The summed E-state index contributed by atoms with van der Waals surface area (Å²) in [4.78, 5) is 0. The molecule has 3 N–H and O–H groups in total. The molecule has 0 aromatic heterocycles. The molecule has 1 fully saturated rings. The van der Waals surface area contributed by atoms with Crippen LogP contribution in [0.15, 0.2) is 28.7 Å². The molecule has 1 aromatic rings. The van der Waals surface area contributed by atoms with Gasteiger partial charge in [-0.1, -0.05) is 28.1 Å². The lowest BCUT2D eigenvalue weighted by Crippen LogP contribution is -2.39. The average molecular weight is 299 g/mol. The maximum atomic E-state index is 5.64. The number of rotatable bonds is 5. The van der Waals surface area contributed by atoms with Crippen LogP contribution >= 0.6 is 15.9 Å². The molecule has 3 nitrogen and oxygen atoms in total. The topological polar surface area (TPSA) is 47.3 Å². The van der Waals surface area contributed by atoms with Gasteiger partial charge in [0.25, 0.3) is 0 Å². The highest BCUT2D eigenvalue weighted by atomic mass is 79.9. The Balaban J connectivity index is 1.87. The molecule has 2 rings (SSSR count). The summed E-state index contributed by atoms with van der Waals surface area (Å²) in [6.45, 7) is 0.903. The maximum absolute atomic E-state index is 5.64. The highest BCUT2D eigenvalue weighted by Gasteiger charge is 2.20. The molecule has 1 aliphatic heterocycles. The van der Waals surface area contributed by atoms with Crippen molar-refractivity contribution in [2.75, 3.05) is 6.61 Å². The molecule has 0 radical (unpaired) electrons. The smallest absolute Gasteiger partial charge is 0.0591 e. The van der Waals surface area contributed by atoms with Gasteiger partial charge in [0.1, 0.15) is 0 Å². The molecule has 2 atom stereocenters. The molecule has 4 heteroatoms. The molecule has 2 unspecified atom stereocenters. The molecule has 0 aliphatic carbocycles. The van der Waals surface area contributed by atoms with Crippen molar-refractivity contribution in [3.8, 4) is 0 Å². The Kier molecular flexibility index (Phi) is 4.98. The van der Waals surface area contributed by atoms with Crippen LogP contribution < -0.4 is 11.3 Å². The summed E-state index contributed by atoms with van der Waals surface area (Å²) >= 11 is 3.44. The number of nitrogens with one attached hydrogen (secondary N) is 1. The minimum absolute atomic E-state index is 0.291. The van der Waals surface area contributed by atoms with Gasteiger partial charge in [-0.2, -0.15) is 0 Å². The third-order valence-corrected chi connectivity index (χ3v) is 3.73. The molecule has 1 aromatic carbocycles. The largest absolute Gasteiger partial charge is 0.378 e. The Morgan fingerprint density at radius 1 is 1.41 bits per heavy atom. The number of benzene rings is 1. The Bertz CT molecular complexity index is 336. The predicted molar refractivity (Wildman–Crippen MR) is 72.5 cm³/mol. The Labute approximate surface area is 111 Å². The number of nitrogens with two attached hydrogens (primary N) is 1. The zero-order valence-electron chi connectivity index (χ0n) is 9.86. The van der Waals surface area contributed by atoms with E-state index in [1.807, 2.05) is 0 Å². The standard InChI is InChI=1S/C13H19BrN2O/c14-11-5-3-10(4-6-11)8-12(16-15)9-13-2-1-7-17-13/h3-6,12-13,16H,1-2,7-9,15H2. The van der Waals surface area contributed by atoms with Crippen molar-refractivity contribution >= 4 is 15.9 Å². The normalized spacial score (nSPS) is 21.6. The molecule has 17 heavy (non-hydrogen) atoms. The van der Waals surface area contributed by atoms with Gasteiger partial charge in [0.05, 0.1) is 6.10 Å². The SMILES string of the molecule is NNC(Cc1ccc(Br)cc1)CC1CCCO1. The summed E-state index contributed by atoms with van der Waals surface area (Å²) < 4.78 is 6.75. The number of hydrogen-bond acceptors (Lipinski definition) is 3. The van der Waals surface area contributed by atoms with Gasteiger partial charge in [-0.15, -0.1) is 0 Å². The van der Waals surface area contributed by atoms with E-state index in [4.69, 9.17) is 10.6 Å². The first-order chi connectivity index (χ1) is 8.28. The van der Waals surface area contributed by atoms with Gasteiger partial charge in [0.15, 0.2) is 0 Å². The minimum atomic E-state index is 0.291. The Morgan fingerprint density at radius 2 is 2.18 bits per heavy atom. The van der Waals surface area contributed by atoms with Crippen LogP contribution in [0.5, 0.6) is 0 Å². The van der Waals surface area contributed by atoms with Crippen LogP contribution in [-0.4, -0.2) is 18.8 Å². The predicted octanol–water partition coefficient (Wildman–Crippen LogP) is 2.39. The van der Waals surface area contributed by atoms with Crippen LogP contribution in [0.4, 0.5) is 0 Å². The second kappa shape index (κ2) is 6.50. The van der Waals surface area contributed by atoms with Crippen molar-refractivity contribution in [3.63, 3.8) is 0 Å². The van der Waals surface area contributed by atoms with Gasteiger partial charge < -0.3 is 4.74 Å². The highest BCUT2D eigenvalue weighted by molar-refractivity contribution is 9.10. The van der Waals surface area contributed by atoms with Gasteiger partial charge in [0, 0.05) is 17.1 Å². The lowest BCUT2D eigenvalue weighted by molar-refractivity contribution is 0.0946. The lowest BCUT2D eigenvalue weighted by atomic mass is 10.00. The molecular formula is C13H19BrN2O. The van der Waals surface area contributed by atoms with E-state index in [2.05, 4.69) is 45.6 Å². The van der Waals surface area contributed by atoms with Gasteiger partial charge >= 0.3 is 0 Å². The second-order valence-electron chi connectivity index (χ2n) is 4.56. The van der Waals surface area contributed by atoms with E-state index in [1.54, 1.807) is 0 Å². The minimum Gasteiger partial charge on any atom is -0.378 e. The molecule has 0 amide bonds. The van der Waals surface area contributed by atoms with Crippen molar-refractivity contribution in [3.05, 3.63) is 34.3 Å². The highest BCUT2D eigenvalue weighted by Crippen LogP contribution is 2.19. The zero-order valence-corrected chi connectivity index (χ0v) is 11.4. The third kappa shape index (κ3) is 4.07. The van der Waals surface area contributed by atoms with Crippen molar-refractivity contribution in [2.24, 2.45) is 5.84 Å². The number of ether oxygens (including phenoxy) is 1. The fraction of sp³-hybridized carbons (Fsp3) is 0.538. The van der Waals surface area contributed by atoms with Gasteiger partial charge in [-0.05, 0) is 43.4 Å². The average Bonchev–Trinajstić information content (AvgIpc) is 2.84. The third-order valence-electron chi connectivity index (χ3n) is 3.20. The second-order valence-corrected chi connectivity index (χ2v) is 5.48. The van der Waals surface area contributed by atoms with Crippen molar-refractivity contribution in [2.45, 2.75) is 37.8 Å². The maximum Gasteiger partial charge on any atom is 0.0591 e. The number of hydrogen-bond donors (Lipinski definition) is 2. The molecule has 0 bridgehead atoms. The first kappa shape index (κ1) is 13.0. The fourth-order valence-electron chi connectivity index (χ4n) is 2.26. The van der Waals surface area contributed by atoms with E-state index in [-0.39, 0.29) is 0 Å². The van der Waals surface area contributed by atoms with Crippen LogP contribution in [0, 0.1) is 0 Å². The van der Waals surface area contributed by atoms with Crippen LogP contribution in [0.2, 0.25) is 0 Å². The number of halogens is 1. The summed E-state index contributed by atoms with van der Waals surface area (Å²) in [5.74, 6) is 5.61. The molecule has 0 saturated carbocycles. The van der Waals surface area contributed by atoms with Crippen LogP contribution in [0.25, 0.3) is 0 Å². The molecular weight excluding hydrogens is 280 g/mol. The summed E-state index contributed by atoms with van der Waals surface area (Å²) in [5, 5.41) is 0. The van der Waals surface area contributed by atoms with E-state index < -0.39 is 0 Å². The van der Waals surface area contributed by atoms with E-state index in [0.29, 0.717) is 12.1 Å². The van der Waals surface area contributed by atoms with E-state index in [1.165, 1.54) is 18.4 Å². The van der Waals surface area contributed by atoms with Crippen LogP contribution in [-0.2, 0) is 11.2 Å². The van der Waals surface area contributed by atoms with E-state index in [9.17, 15) is 0 Å². The molecule has 1 saturated heterocycles. The van der Waals surface area contributed by atoms with Crippen LogP contribution in [0.3, 0.4) is 0 Å². The molecule has 94 valence electrons. The number of hydrazine groups is 1. The summed E-state index contributed by atoms with van der Waals surface area (Å²) in [7, 11) is 0.